The maximum absolute atomic E-state index is 12.2. The van der Waals surface area contributed by atoms with Gasteiger partial charge in [-0.2, -0.15) is 0 Å². The maximum atomic E-state index is 12.2. The fourth-order valence-corrected chi connectivity index (χ4v) is 2.83. The number of ether oxygens (including phenoxy) is 1. The summed E-state index contributed by atoms with van der Waals surface area (Å²) in [6.07, 6.45) is 0. The van der Waals surface area contributed by atoms with E-state index < -0.39 is 0 Å². The van der Waals surface area contributed by atoms with Crippen LogP contribution in [0.3, 0.4) is 0 Å². The molecule has 0 atom stereocenters. The van der Waals surface area contributed by atoms with Gasteiger partial charge >= 0.3 is 0 Å². The molecule has 0 saturated heterocycles. The van der Waals surface area contributed by atoms with Gasteiger partial charge in [-0.1, -0.05) is 5.16 Å². The minimum Gasteiger partial charge on any atom is -0.489 e. The Morgan fingerprint density at radius 3 is 2.58 bits per heavy atom. The third-order valence-corrected chi connectivity index (χ3v) is 4.40. The molecule has 1 N–H and O–H groups in total. The highest BCUT2D eigenvalue weighted by Crippen LogP contribution is 2.19. The predicted octanol–water partition coefficient (Wildman–Crippen LogP) is 3.89. The molecule has 0 unspecified atom stereocenters. The standard InChI is InChI=1S/C17H17N3O3S/c1-10-9-24-17(18-10)19-16(21)13-4-6-14(7-5-13)22-8-15-11(2)20-23-12(15)3/h4-7,9H,8H2,1-3H3,(H,18,19,21). The van der Waals surface area contributed by atoms with Crippen LogP contribution in [0.5, 0.6) is 5.75 Å². The smallest absolute Gasteiger partial charge is 0.257 e. The van der Waals surface area contributed by atoms with Crippen molar-refractivity contribution in [2.75, 3.05) is 5.32 Å². The first-order valence-corrected chi connectivity index (χ1v) is 8.29. The molecule has 3 rings (SSSR count). The third-order valence-electron chi connectivity index (χ3n) is 3.52. The van der Waals surface area contributed by atoms with Gasteiger partial charge in [-0.3, -0.25) is 10.1 Å². The van der Waals surface area contributed by atoms with Crippen LogP contribution in [0, 0.1) is 20.8 Å². The summed E-state index contributed by atoms with van der Waals surface area (Å²) >= 11 is 1.40. The van der Waals surface area contributed by atoms with Gasteiger partial charge < -0.3 is 9.26 Å². The molecule has 6 nitrogen and oxygen atoms in total. The molecule has 1 amide bonds. The lowest BCUT2D eigenvalue weighted by molar-refractivity contribution is 0.102. The van der Waals surface area contributed by atoms with E-state index in [2.05, 4.69) is 15.5 Å². The largest absolute Gasteiger partial charge is 0.489 e. The summed E-state index contributed by atoms with van der Waals surface area (Å²) in [4.78, 5) is 16.4. The Kier molecular flexibility index (Phi) is 4.61. The lowest BCUT2D eigenvalue weighted by Crippen LogP contribution is -2.11. The number of benzene rings is 1. The number of nitrogens with zero attached hydrogens (tertiary/aromatic N) is 2. The van der Waals surface area contributed by atoms with Crippen molar-refractivity contribution in [3.63, 3.8) is 0 Å². The summed E-state index contributed by atoms with van der Waals surface area (Å²) in [6, 6.07) is 6.97. The summed E-state index contributed by atoms with van der Waals surface area (Å²) in [5.74, 6) is 1.24. The van der Waals surface area contributed by atoms with Crippen LogP contribution in [0.25, 0.3) is 0 Å². The molecule has 0 fully saturated rings. The highest BCUT2D eigenvalue weighted by atomic mass is 32.1. The van der Waals surface area contributed by atoms with Gasteiger partial charge in [0.2, 0.25) is 0 Å². The predicted molar refractivity (Wildman–Crippen MR) is 91.6 cm³/mol. The lowest BCUT2D eigenvalue weighted by atomic mass is 10.2. The number of amides is 1. The van der Waals surface area contributed by atoms with Gasteiger partial charge in [-0.05, 0) is 45.0 Å². The Bertz CT molecular complexity index is 833. The number of aromatic nitrogens is 2. The minimum absolute atomic E-state index is 0.193. The van der Waals surface area contributed by atoms with Crippen molar-refractivity contribution in [2.24, 2.45) is 0 Å². The lowest BCUT2D eigenvalue weighted by Gasteiger charge is -2.07. The molecule has 2 heterocycles. The van der Waals surface area contributed by atoms with Crippen molar-refractivity contribution in [3.05, 3.63) is 57.9 Å². The SMILES string of the molecule is Cc1csc(NC(=O)c2ccc(OCc3c(C)noc3C)cc2)n1. The number of anilines is 1. The van der Waals surface area contributed by atoms with Crippen LogP contribution in [-0.2, 0) is 6.61 Å². The average molecular weight is 343 g/mol. The summed E-state index contributed by atoms with van der Waals surface area (Å²) in [7, 11) is 0. The second-order valence-electron chi connectivity index (χ2n) is 5.36. The average Bonchev–Trinajstić information content (AvgIpc) is 3.12. The Morgan fingerprint density at radius 2 is 2.00 bits per heavy atom. The molecule has 3 aromatic rings. The van der Waals surface area contributed by atoms with Gasteiger partial charge in [0, 0.05) is 10.9 Å². The van der Waals surface area contributed by atoms with Crippen molar-refractivity contribution in [3.8, 4) is 5.75 Å². The second-order valence-corrected chi connectivity index (χ2v) is 6.22. The first-order chi connectivity index (χ1) is 11.5. The molecule has 0 radical (unpaired) electrons. The molecule has 7 heteroatoms. The van der Waals surface area contributed by atoms with Crippen molar-refractivity contribution in [1.29, 1.82) is 0 Å². The maximum Gasteiger partial charge on any atom is 0.257 e. The highest BCUT2D eigenvalue weighted by molar-refractivity contribution is 7.13. The van der Waals surface area contributed by atoms with E-state index in [0.717, 1.165) is 22.7 Å². The van der Waals surface area contributed by atoms with Gasteiger partial charge in [0.05, 0.1) is 17.0 Å². The summed E-state index contributed by atoms with van der Waals surface area (Å²) in [5, 5.41) is 9.15. The fraction of sp³-hybridized carbons (Fsp3) is 0.235. The zero-order chi connectivity index (χ0) is 17.1. The van der Waals surface area contributed by atoms with Crippen molar-refractivity contribution >= 4 is 22.4 Å². The zero-order valence-corrected chi connectivity index (χ0v) is 14.4. The molecule has 0 aliphatic rings. The van der Waals surface area contributed by atoms with Crippen LogP contribution in [0.4, 0.5) is 5.13 Å². The van der Waals surface area contributed by atoms with E-state index in [9.17, 15) is 4.79 Å². The number of thiazole rings is 1. The Labute approximate surface area is 143 Å². The van der Waals surface area contributed by atoms with Gasteiger partial charge in [0.1, 0.15) is 18.1 Å². The van der Waals surface area contributed by atoms with E-state index in [0.29, 0.717) is 23.1 Å². The van der Waals surface area contributed by atoms with Crippen LogP contribution in [-0.4, -0.2) is 16.0 Å². The molecule has 0 aliphatic carbocycles. The van der Waals surface area contributed by atoms with Gasteiger partial charge in [0.15, 0.2) is 5.13 Å². The van der Waals surface area contributed by atoms with Crippen molar-refractivity contribution < 1.29 is 14.1 Å². The van der Waals surface area contributed by atoms with Crippen molar-refractivity contribution in [1.82, 2.24) is 10.1 Å². The number of hydrogen-bond acceptors (Lipinski definition) is 6. The van der Waals surface area contributed by atoms with Crippen LogP contribution < -0.4 is 10.1 Å². The van der Waals surface area contributed by atoms with Crippen LogP contribution in [0.1, 0.15) is 33.1 Å². The van der Waals surface area contributed by atoms with Gasteiger partial charge in [-0.25, -0.2) is 4.98 Å². The van der Waals surface area contributed by atoms with E-state index in [1.165, 1.54) is 11.3 Å². The number of carbonyl (C=O) groups is 1. The first-order valence-electron chi connectivity index (χ1n) is 7.41. The number of rotatable bonds is 5. The van der Waals surface area contributed by atoms with E-state index in [-0.39, 0.29) is 5.91 Å². The van der Waals surface area contributed by atoms with Crippen LogP contribution in [0.2, 0.25) is 0 Å². The molecule has 0 spiro atoms. The molecule has 0 aliphatic heterocycles. The van der Waals surface area contributed by atoms with E-state index >= 15 is 0 Å². The van der Waals surface area contributed by atoms with Crippen LogP contribution in [0.15, 0.2) is 34.2 Å². The Hall–Kier alpha value is -2.67. The number of aryl methyl sites for hydroxylation is 3. The summed E-state index contributed by atoms with van der Waals surface area (Å²) in [6.45, 7) is 6.00. The Morgan fingerprint density at radius 1 is 1.25 bits per heavy atom. The number of hydrogen-bond donors (Lipinski definition) is 1. The molecular formula is C17H17N3O3S. The molecule has 2 aromatic heterocycles. The first kappa shape index (κ1) is 16.2. The van der Waals surface area contributed by atoms with E-state index in [4.69, 9.17) is 9.26 Å². The third kappa shape index (κ3) is 3.62. The normalized spacial score (nSPS) is 10.6. The summed E-state index contributed by atoms with van der Waals surface area (Å²) < 4.78 is 10.8. The van der Waals surface area contributed by atoms with E-state index in [1.807, 2.05) is 26.2 Å². The zero-order valence-electron chi connectivity index (χ0n) is 13.6. The molecular weight excluding hydrogens is 326 g/mol. The van der Waals surface area contributed by atoms with Gasteiger partial charge in [-0.15, -0.1) is 11.3 Å². The molecule has 0 bridgehead atoms. The Balaban J connectivity index is 1.61. The number of nitrogens with one attached hydrogen (secondary N) is 1. The minimum atomic E-state index is -0.193. The van der Waals surface area contributed by atoms with Gasteiger partial charge in [0.25, 0.3) is 5.91 Å². The summed E-state index contributed by atoms with van der Waals surface area (Å²) in [5.41, 5.74) is 3.20. The molecule has 24 heavy (non-hydrogen) atoms. The fourth-order valence-electron chi connectivity index (χ4n) is 2.15. The molecule has 124 valence electrons. The monoisotopic (exact) mass is 343 g/mol. The molecule has 0 saturated carbocycles. The molecule has 1 aromatic carbocycles. The van der Waals surface area contributed by atoms with Crippen molar-refractivity contribution in [2.45, 2.75) is 27.4 Å². The van der Waals surface area contributed by atoms with Crippen LogP contribution >= 0.6 is 11.3 Å². The highest BCUT2D eigenvalue weighted by Gasteiger charge is 2.11. The quantitative estimate of drug-likeness (QED) is 0.760. The second kappa shape index (κ2) is 6.84. The topological polar surface area (TPSA) is 77.2 Å². The number of carbonyl (C=O) groups excluding carboxylic acids is 1. The van der Waals surface area contributed by atoms with E-state index in [1.54, 1.807) is 24.3 Å².